The third-order valence-corrected chi connectivity index (χ3v) is 3.92. The highest BCUT2D eigenvalue weighted by Gasteiger charge is 2.50. The van der Waals surface area contributed by atoms with E-state index in [1.807, 2.05) is 25.1 Å². The molecule has 2 amide bonds. The van der Waals surface area contributed by atoms with Gasteiger partial charge in [0.2, 0.25) is 0 Å². The fraction of sp³-hybridized carbons (Fsp3) is 0.235. The van der Waals surface area contributed by atoms with E-state index in [1.165, 1.54) is 11.8 Å². The van der Waals surface area contributed by atoms with E-state index in [2.05, 4.69) is 10.3 Å². The molecule has 1 N–H and O–H groups in total. The lowest BCUT2D eigenvalue weighted by Gasteiger charge is -2.37. The standard InChI is InChI=1S/C17H17N3O3/c1-11-7-4-5-8-12(11)19-15(21)17(2)16(22)20(3)14-13(23-17)9-6-10-18-14/h4-10H,1-3H3,(H,19,21)/t17-/m0/s1. The van der Waals surface area contributed by atoms with Gasteiger partial charge in [0.05, 0.1) is 0 Å². The number of aryl methyl sites for hydroxylation is 1. The van der Waals surface area contributed by atoms with Gasteiger partial charge in [-0.1, -0.05) is 18.2 Å². The first-order valence-corrected chi connectivity index (χ1v) is 7.23. The average Bonchev–Trinajstić information content (AvgIpc) is 2.55. The molecule has 0 saturated carbocycles. The van der Waals surface area contributed by atoms with Gasteiger partial charge in [-0.15, -0.1) is 0 Å². The molecule has 118 valence electrons. The molecule has 23 heavy (non-hydrogen) atoms. The van der Waals surface area contributed by atoms with Crippen molar-refractivity contribution >= 4 is 23.3 Å². The number of benzene rings is 1. The number of fused-ring (bicyclic) bond motifs is 1. The molecule has 0 fully saturated rings. The van der Waals surface area contributed by atoms with Gasteiger partial charge in [-0.25, -0.2) is 4.98 Å². The lowest BCUT2D eigenvalue weighted by atomic mass is 10.0. The summed E-state index contributed by atoms with van der Waals surface area (Å²) in [6.07, 6.45) is 1.57. The predicted octanol–water partition coefficient (Wildman–Crippen LogP) is 2.14. The molecule has 6 heteroatoms. The Labute approximate surface area is 134 Å². The maximum absolute atomic E-state index is 12.7. The second kappa shape index (κ2) is 5.39. The Bertz CT molecular complexity index is 790. The van der Waals surface area contributed by atoms with E-state index in [4.69, 9.17) is 4.74 Å². The molecule has 1 atom stereocenters. The number of ether oxygens (including phenoxy) is 1. The molecule has 0 bridgehead atoms. The Morgan fingerprint density at radius 1 is 1.26 bits per heavy atom. The van der Waals surface area contributed by atoms with Gasteiger partial charge in [0.25, 0.3) is 17.4 Å². The minimum absolute atomic E-state index is 0.400. The molecule has 0 unspecified atom stereocenters. The Morgan fingerprint density at radius 2 is 2.00 bits per heavy atom. The average molecular weight is 311 g/mol. The summed E-state index contributed by atoms with van der Waals surface area (Å²) in [5, 5.41) is 2.77. The summed E-state index contributed by atoms with van der Waals surface area (Å²) >= 11 is 0. The van der Waals surface area contributed by atoms with E-state index < -0.39 is 17.4 Å². The number of pyridine rings is 1. The largest absolute Gasteiger partial charge is 0.464 e. The molecular weight excluding hydrogens is 294 g/mol. The summed E-state index contributed by atoms with van der Waals surface area (Å²) in [6, 6.07) is 10.7. The van der Waals surface area contributed by atoms with Gasteiger partial charge in [-0.2, -0.15) is 0 Å². The van der Waals surface area contributed by atoms with Crippen LogP contribution in [0.3, 0.4) is 0 Å². The summed E-state index contributed by atoms with van der Waals surface area (Å²) in [5.41, 5.74) is -0.0922. The topological polar surface area (TPSA) is 71.5 Å². The van der Waals surface area contributed by atoms with Gasteiger partial charge < -0.3 is 10.1 Å². The number of anilines is 2. The van der Waals surface area contributed by atoms with Crippen molar-refractivity contribution in [3.05, 3.63) is 48.2 Å². The first-order valence-electron chi connectivity index (χ1n) is 7.23. The molecule has 0 spiro atoms. The third kappa shape index (κ3) is 2.42. The van der Waals surface area contributed by atoms with Gasteiger partial charge in [0, 0.05) is 18.9 Å². The van der Waals surface area contributed by atoms with E-state index in [9.17, 15) is 9.59 Å². The van der Waals surface area contributed by atoms with Crippen LogP contribution in [-0.2, 0) is 9.59 Å². The second-order valence-corrected chi connectivity index (χ2v) is 5.59. The van der Waals surface area contributed by atoms with Crippen LogP contribution in [0.15, 0.2) is 42.6 Å². The number of aromatic nitrogens is 1. The van der Waals surface area contributed by atoms with Crippen LogP contribution in [0.2, 0.25) is 0 Å². The number of hydrogen-bond donors (Lipinski definition) is 1. The zero-order valence-electron chi connectivity index (χ0n) is 13.2. The highest BCUT2D eigenvalue weighted by molar-refractivity contribution is 6.19. The summed E-state index contributed by atoms with van der Waals surface area (Å²) in [6.45, 7) is 3.35. The van der Waals surface area contributed by atoms with E-state index in [-0.39, 0.29) is 0 Å². The van der Waals surface area contributed by atoms with Crippen LogP contribution in [0.25, 0.3) is 0 Å². The van der Waals surface area contributed by atoms with Crippen LogP contribution in [-0.4, -0.2) is 29.4 Å². The highest BCUT2D eigenvalue weighted by atomic mass is 16.5. The van der Waals surface area contributed by atoms with E-state index in [1.54, 1.807) is 31.4 Å². The Morgan fingerprint density at radius 3 is 2.74 bits per heavy atom. The molecule has 0 radical (unpaired) electrons. The predicted molar refractivity (Wildman–Crippen MR) is 86.5 cm³/mol. The number of rotatable bonds is 2. The molecule has 1 aromatic heterocycles. The van der Waals surface area contributed by atoms with Crippen LogP contribution in [0, 0.1) is 6.92 Å². The molecule has 0 aliphatic carbocycles. The molecule has 1 aliphatic rings. The van der Waals surface area contributed by atoms with Crippen molar-refractivity contribution in [2.75, 3.05) is 17.3 Å². The van der Waals surface area contributed by atoms with Crippen LogP contribution < -0.4 is 15.0 Å². The van der Waals surface area contributed by atoms with E-state index in [0.29, 0.717) is 17.3 Å². The number of carbonyl (C=O) groups excluding carboxylic acids is 2. The molecule has 1 aromatic carbocycles. The lowest BCUT2D eigenvalue weighted by Crippen LogP contribution is -2.60. The number of para-hydroxylation sites is 1. The molecule has 2 aromatic rings. The molecular formula is C17H17N3O3. The fourth-order valence-electron chi connectivity index (χ4n) is 2.49. The smallest absolute Gasteiger partial charge is 0.281 e. The Kier molecular flexibility index (Phi) is 3.52. The monoisotopic (exact) mass is 311 g/mol. The summed E-state index contributed by atoms with van der Waals surface area (Å²) in [4.78, 5) is 30.8. The van der Waals surface area contributed by atoms with Crippen molar-refractivity contribution < 1.29 is 14.3 Å². The second-order valence-electron chi connectivity index (χ2n) is 5.59. The zero-order valence-corrected chi connectivity index (χ0v) is 13.2. The maximum atomic E-state index is 12.7. The molecule has 6 nitrogen and oxygen atoms in total. The summed E-state index contributed by atoms with van der Waals surface area (Å²) in [5.74, 6) is -0.177. The number of carbonyl (C=O) groups is 2. The normalized spacial score (nSPS) is 19.8. The maximum Gasteiger partial charge on any atom is 0.281 e. The van der Waals surface area contributed by atoms with Crippen LogP contribution in [0.5, 0.6) is 5.75 Å². The quantitative estimate of drug-likeness (QED) is 0.863. The summed E-state index contributed by atoms with van der Waals surface area (Å²) < 4.78 is 5.71. The zero-order chi connectivity index (χ0) is 16.6. The fourth-order valence-corrected chi connectivity index (χ4v) is 2.49. The van der Waals surface area contributed by atoms with Crippen molar-refractivity contribution in [3.8, 4) is 5.75 Å². The van der Waals surface area contributed by atoms with Crippen molar-refractivity contribution in [1.29, 1.82) is 0 Å². The van der Waals surface area contributed by atoms with Crippen molar-refractivity contribution in [1.82, 2.24) is 4.98 Å². The van der Waals surface area contributed by atoms with E-state index >= 15 is 0 Å². The number of nitrogens with one attached hydrogen (secondary N) is 1. The highest BCUT2D eigenvalue weighted by Crippen LogP contribution is 2.35. The van der Waals surface area contributed by atoms with E-state index in [0.717, 1.165) is 5.56 Å². The minimum atomic E-state index is -1.65. The van der Waals surface area contributed by atoms with Crippen molar-refractivity contribution in [3.63, 3.8) is 0 Å². The first kappa shape index (κ1) is 15.0. The summed E-state index contributed by atoms with van der Waals surface area (Å²) in [7, 11) is 1.58. The van der Waals surface area contributed by atoms with Gasteiger partial charge >= 0.3 is 0 Å². The molecule has 1 aliphatic heterocycles. The molecule has 3 rings (SSSR count). The number of likely N-dealkylation sites (N-methyl/N-ethyl adjacent to an activating group) is 1. The number of nitrogens with zero attached hydrogens (tertiary/aromatic N) is 2. The number of amides is 2. The van der Waals surface area contributed by atoms with Crippen LogP contribution in [0.1, 0.15) is 12.5 Å². The first-order chi connectivity index (χ1) is 10.9. The minimum Gasteiger partial charge on any atom is -0.464 e. The van der Waals surface area contributed by atoms with Crippen LogP contribution in [0.4, 0.5) is 11.5 Å². The molecule has 0 saturated heterocycles. The van der Waals surface area contributed by atoms with Gasteiger partial charge in [-0.3, -0.25) is 14.5 Å². The van der Waals surface area contributed by atoms with Gasteiger partial charge in [0.15, 0.2) is 11.6 Å². The Hall–Kier alpha value is -2.89. The Balaban J connectivity index is 1.94. The van der Waals surface area contributed by atoms with Gasteiger partial charge in [0.1, 0.15) is 0 Å². The van der Waals surface area contributed by atoms with Crippen molar-refractivity contribution in [2.24, 2.45) is 0 Å². The lowest BCUT2D eigenvalue weighted by molar-refractivity contribution is -0.145. The van der Waals surface area contributed by atoms with Crippen LogP contribution >= 0.6 is 0 Å². The van der Waals surface area contributed by atoms with Crippen molar-refractivity contribution in [2.45, 2.75) is 19.4 Å². The SMILES string of the molecule is Cc1ccccc1NC(=O)[C@]1(C)Oc2cccnc2N(C)C1=O. The molecule has 2 heterocycles. The number of hydrogen-bond acceptors (Lipinski definition) is 4. The third-order valence-electron chi connectivity index (χ3n) is 3.92. The van der Waals surface area contributed by atoms with Gasteiger partial charge in [-0.05, 0) is 37.6 Å².